The molecule has 7 heteroatoms. The Balaban J connectivity index is 2.25. The lowest BCUT2D eigenvalue weighted by Crippen LogP contribution is -2.24. The van der Waals surface area contributed by atoms with Crippen molar-refractivity contribution in [3.63, 3.8) is 0 Å². The topological polar surface area (TPSA) is 83.5 Å². The van der Waals surface area contributed by atoms with E-state index in [1.54, 1.807) is 12.1 Å². The monoisotopic (exact) mass is 323 g/mol. The van der Waals surface area contributed by atoms with Gasteiger partial charge in [0.05, 0.1) is 5.56 Å². The van der Waals surface area contributed by atoms with E-state index in [9.17, 15) is 17.6 Å². The van der Waals surface area contributed by atoms with Crippen LogP contribution >= 0.6 is 0 Å². The van der Waals surface area contributed by atoms with E-state index >= 15 is 0 Å². The van der Waals surface area contributed by atoms with Gasteiger partial charge in [-0.25, -0.2) is 22.3 Å². The molecule has 2 rings (SSSR count). The van der Waals surface area contributed by atoms with Crippen molar-refractivity contribution in [1.29, 1.82) is 0 Å². The maximum atomic E-state index is 13.7. The van der Waals surface area contributed by atoms with Gasteiger partial charge in [0.15, 0.2) is 0 Å². The van der Waals surface area contributed by atoms with Crippen LogP contribution in [0.4, 0.5) is 4.39 Å². The molecule has 0 aliphatic rings. The Morgan fingerprint density at radius 2 is 1.82 bits per heavy atom. The summed E-state index contributed by atoms with van der Waals surface area (Å²) >= 11 is 0. The van der Waals surface area contributed by atoms with Crippen molar-refractivity contribution in [1.82, 2.24) is 4.72 Å². The number of nitrogens with one attached hydrogen (secondary N) is 1. The number of carboxylic acids is 1. The zero-order valence-electron chi connectivity index (χ0n) is 11.7. The van der Waals surface area contributed by atoms with Gasteiger partial charge in [-0.3, -0.25) is 0 Å². The summed E-state index contributed by atoms with van der Waals surface area (Å²) in [6.07, 6.45) is 0. The number of carboxylic acid groups (broad SMARTS) is 1. The highest BCUT2D eigenvalue weighted by Gasteiger charge is 2.20. The van der Waals surface area contributed by atoms with Crippen molar-refractivity contribution in [2.75, 3.05) is 0 Å². The molecule has 0 bridgehead atoms. The Kier molecular flexibility index (Phi) is 4.58. The minimum absolute atomic E-state index is 0.0145. The first kappa shape index (κ1) is 16.1. The number of aryl methyl sites for hydroxylation is 1. The number of sulfonamides is 1. The van der Waals surface area contributed by atoms with Crippen LogP contribution in [0.1, 0.15) is 21.5 Å². The number of rotatable bonds is 5. The summed E-state index contributed by atoms with van der Waals surface area (Å²) in [5.74, 6) is -2.32. The molecule has 0 saturated heterocycles. The quantitative estimate of drug-likeness (QED) is 0.884. The van der Waals surface area contributed by atoms with Crippen LogP contribution in [0, 0.1) is 12.7 Å². The molecule has 116 valence electrons. The lowest BCUT2D eigenvalue weighted by molar-refractivity contribution is 0.0696. The summed E-state index contributed by atoms with van der Waals surface area (Å²) in [6, 6.07) is 9.80. The maximum absolute atomic E-state index is 13.7. The van der Waals surface area contributed by atoms with Crippen molar-refractivity contribution in [2.45, 2.75) is 18.4 Å². The molecule has 22 heavy (non-hydrogen) atoms. The highest BCUT2D eigenvalue weighted by Crippen LogP contribution is 2.17. The summed E-state index contributed by atoms with van der Waals surface area (Å²) < 4.78 is 40.2. The molecule has 0 aliphatic carbocycles. The molecule has 2 N–H and O–H groups in total. The fraction of sp³-hybridized carbons (Fsp3) is 0.133. The Morgan fingerprint density at radius 3 is 2.41 bits per heavy atom. The van der Waals surface area contributed by atoms with Gasteiger partial charge in [0, 0.05) is 6.54 Å². The van der Waals surface area contributed by atoms with Crippen LogP contribution < -0.4 is 4.72 Å². The number of carbonyl (C=O) groups is 1. The van der Waals surface area contributed by atoms with E-state index in [0.717, 1.165) is 23.8 Å². The van der Waals surface area contributed by atoms with E-state index in [4.69, 9.17) is 5.11 Å². The fourth-order valence-electron chi connectivity index (χ4n) is 1.80. The van der Waals surface area contributed by atoms with Gasteiger partial charge in [0.2, 0.25) is 10.0 Å². The zero-order valence-corrected chi connectivity index (χ0v) is 12.5. The van der Waals surface area contributed by atoms with Gasteiger partial charge < -0.3 is 5.11 Å². The van der Waals surface area contributed by atoms with Crippen LogP contribution in [-0.2, 0) is 16.6 Å². The molecule has 0 fully saturated rings. The van der Waals surface area contributed by atoms with Crippen molar-refractivity contribution in [3.05, 3.63) is 65.0 Å². The Morgan fingerprint density at radius 1 is 1.18 bits per heavy atom. The molecule has 2 aromatic carbocycles. The molecule has 0 radical (unpaired) electrons. The molecule has 0 aliphatic heterocycles. The Bertz CT molecular complexity index is 801. The van der Waals surface area contributed by atoms with E-state index in [2.05, 4.69) is 4.72 Å². The van der Waals surface area contributed by atoms with E-state index in [1.807, 2.05) is 19.1 Å². The SMILES string of the molecule is Cc1ccc(CNS(=O)(=O)c2cc(C(=O)O)ccc2F)cc1. The van der Waals surface area contributed by atoms with Crippen LogP contribution in [0.25, 0.3) is 0 Å². The standard InChI is InChI=1S/C15H14FNO4S/c1-10-2-4-11(5-3-10)9-17-22(20,21)14-8-12(15(18)19)6-7-13(14)16/h2-8,17H,9H2,1H3,(H,18,19). The second kappa shape index (κ2) is 6.25. The van der Waals surface area contributed by atoms with Crippen molar-refractivity contribution in [2.24, 2.45) is 0 Å². The third-order valence-electron chi connectivity index (χ3n) is 3.05. The Hall–Kier alpha value is -2.25. The van der Waals surface area contributed by atoms with Crippen LogP contribution in [0.3, 0.4) is 0 Å². The van der Waals surface area contributed by atoms with Gasteiger partial charge in [-0.1, -0.05) is 29.8 Å². The number of aromatic carboxylic acids is 1. The van der Waals surface area contributed by atoms with Gasteiger partial charge in [0.25, 0.3) is 0 Å². The largest absolute Gasteiger partial charge is 0.478 e. The van der Waals surface area contributed by atoms with Crippen molar-refractivity contribution >= 4 is 16.0 Å². The van der Waals surface area contributed by atoms with E-state index in [1.165, 1.54) is 0 Å². The molecule has 0 unspecified atom stereocenters. The lowest BCUT2D eigenvalue weighted by Gasteiger charge is -2.09. The minimum atomic E-state index is -4.14. The molecule has 0 aromatic heterocycles. The van der Waals surface area contributed by atoms with Crippen LogP contribution in [0.5, 0.6) is 0 Å². The van der Waals surface area contributed by atoms with Gasteiger partial charge in [0.1, 0.15) is 10.7 Å². The molecular formula is C15H14FNO4S. The first-order valence-corrected chi connectivity index (χ1v) is 7.86. The van der Waals surface area contributed by atoms with E-state index in [0.29, 0.717) is 5.56 Å². The number of benzene rings is 2. The van der Waals surface area contributed by atoms with Crippen LogP contribution in [-0.4, -0.2) is 19.5 Å². The first-order valence-electron chi connectivity index (χ1n) is 6.37. The third-order valence-corrected chi connectivity index (χ3v) is 4.47. The first-order chi connectivity index (χ1) is 10.3. The normalized spacial score (nSPS) is 11.4. The Labute approximate surface area is 127 Å². The minimum Gasteiger partial charge on any atom is -0.478 e. The average molecular weight is 323 g/mol. The molecular weight excluding hydrogens is 309 g/mol. The molecule has 0 amide bonds. The smallest absolute Gasteiger partial charge is 0.335 e. The van der Waals surface area contributed by atoms with Gasteiger partial charge in [-0.05, 0) is 30.7 Å². The van der Waals surface area contributed by atoms with E-state index < -0.39 is 26.7 Å². The summed E-state index contributed by atoms with van der Waals surface area (Å²) in [4.78, 5) is 10.2. The highest BCUT2D eigenvalue weighted by atomic mass is 32.2. The maximum Gasteiger partial charge on any atom is 0.335 e. The van der Waals surface area contributed by atoms with E-state index in [-0.39, 0.29) is 12.1 Å². The number of halogens is 1. The summed E-state index contributed by atoms with van der Waals surface area (Å²) in [5.41, 5.74) is 1.45. The van der Waals surface area contributed by atoms with Gasteiger partial charge in [-0.2, -0.15) is 0 Å². The second-order valence-electron chi connectivity index (χ2n) is 4.76. The summed E-state index contributed by atoms with van der Waals surface area (Å²) in [7, 11) is -4.14. The average Bonchev–Trinajstić information content (AvgIpc) is 2.46. The molecule has 0 saturated carbocycles. The van der Waals surface area contributed by atoms with Gasteiger partial charge in [-0.15, -0.1) is 0 Å². The number of hydrogen-bond acceptors (Lipinski definition) is 3. The predicted octanol–water partition coefficient (Wildman–Crippen LogP) is 2.31. The van der Waals surface area contributed by atoms with Gasteiger partial charge >= 0.3 is 5.97 Å². The third kappa shape index (κ3) is 3.69. The molecule has 0 spiro atoms. The summed E-state index contributed by atoms with van der Waals surface area (Å²) in [6.45, 7) is 1.89. The molecule has 0 atom stereocenters. The fourth-order valence-corrected chi connectivity index (χ4v) is 2.92. The highest BCUT2D eigenvalue weighted by molar-refractivity contribution is 7.89. The van der Waals surface area contributed by atoms with Crippen LogP contribution in [0.15, 0.2) is 47.4 Å². The van der Waals surface area contributed by atoms with Crippen molar-refractivity contribution in [3.8, 4) is 0 Å². The van der Waals surface area contributed by atoms with Crippen molar-refractivity contribution < 1.29 is 22.7 Å². The summed E-state index contributed by atoms with van der Waals surface area (Å²) in [5, 5.41) is 8.86. The number of hydrogen-bond donors (Lipinski definition) is 2. The van der Waals surface area contributed by atoms with Crippen LogP contribution in [0.2, 0.25) is 0 Å². The second-order valence-corrected chi connectivity index (χ2v) is 6.50. The lowest BCUT2D eigenvalue weighted by atomic mass is 10.2. The molecule has 5 nitrogen and oxygen atoms in total. The molecule has 2 aromatic rings. The molecule has 0 heterocycles. The predicted molar refractivity (Wildman–Crippen MR) is 78.6 cm³/mol. The zero-order chi connectivity index (χ0) is 16.3.